The molecule has 0 spiro atoms. The number of methoxy groups -OCH3 is 1. The number of nitrogens with one attached hydrogen (secondary N) is 1. The van der Waals surface area contributed by atoms with Gasteiger partial charge >= 0.3 is 5.97 Å². The molecule has 1 unspecified atom stereocenters. The van der Waals surface area contributed by atoms with Gasteiger partial charge in [0, 0.05) is 24.9 Å². The van der Waals surface area contributed by atoms with Gasteiger partial charge in [-0.2, -0.15) is 0 Å². The smallest absolute Gasteiger partial charge is 0.322 e. The molecule has 1 rings (SSSR count). The lowest BCUT2D eigenvalue weighted by molar-refractivity contribution is -0.143. The average molecular weight is 253 g/mol. The minimum absolute atomic E-state index is 0.205. The Morgan fingerprint density at radius 1 is 1.56 bits per heavy atom. The summed E-state index contributed by atoms with van der Waals surface area (Å²) in [4.78, 5) is 15.9. The molecule has 0 aromatic carbocycles. The lowest BCUT2D eigenvalue weighted by Gasteiger charge is -2.17. The maximum absolute atomic E-state index is 11.6. The second-order valence-electron chi connectivity index (χ2n) is 4.56. The van der Waals surface area contributed by atoms with Crippen LogP contribution in [0.5, 0.6) is 0 Å². The molecule has 0 aliphatic rings. The van der Waals surface area contributed by atoms with Crippen LogP contribution in [0.2, 0.25) is 0 Å². The van der Waals surface area contributed by atoms with Gasteiger partial charge in [-0.15, -0.1) is 0 Å². The summed E-state index contributed by atoms with van der Waals surface area (Å²) in [5.41, 5.74) is 0. The molecule has 1 aromatic heterocycles. The van der Waals surface area contributed by atoms with Crippen LogP contribution in [-0.2, 0) is 16.1 Å². The predicted octanol–water partition coefficient (Wildman–Crippen LogP) is 1.55. The lowest BCUT2D eigenvalue weighted by atomic mass is 10.2. The number of hydrogen-bond acceptors (Lipinski definition) is 4. The van der Waals surface area contributed by atoms with Gasteiger partial charge in [-0.1, -0.05) is 20.8 Å². The van der Waals surface area contributed by atoms with E-state index < -0.39 is 0 Å². The molecule has 0 bridgehead atoms. The first-order valence-corrected chi connectivity index (χ1v) is 6.42. The highest BCUT2D eigenvalue weighted by atomic mass is 16.5. The monoisotopic (exact) mass is 253 g/mol. The average Bonchev–Trinajstić information content (AvgIpc) is 2.82. The zero-order chi connectivity index (χ0) is 13.5. The fourth-order valence-corrected chi connectivity index (χ4v) is 1.97. The number of aryl methyl sites for hydroxylation is 1. The summed E-state index contributed by atoms with van der Waals surface area (Å²) in [6, 6.07) is -0.248. The number of aromatic nitrogens is 2. The van der Waals surface area contributed by atoms with Gasteiger partial charge in [0.1, 0.15) is 11.9 Å². The van der Waals surface area contributed by atoms with Crippen molar-refractivity contribution in [3.05, 3.63) is 18.2 Å². The van der Waals surface area contributed by atoms with Crippen LogP contribution in [0.15, 0.2) is 12.4 Å². The molecule has 102 valence electrons. The third kappa shape index (κ3) is 3.84. The summed E-state index contributed by atoms with van der Waals surface area (Å²) < 4.78 is 6.88. The quantitative estimate of drug-likeness (QED) is 0.749. The number of carbonyl (C=O) groups excluding carboxylic acids is 1. The Kier molecular flexibility index (Phi) is 5.85. The number of nitrogens with zero attached hydrogens (tertiary/aromatic N) is 2. The number of ether oxygens (including phenoxy) is 1. The largest absolute Gasteiger partial charge is 0.468 e. The number of rotatable bonds is 7. The molecule has 1 heterocycles. The van der Waals surface area contributed by atoms with Gasteiger partial charge in [-0.05, 0) is 13.0 Å². The Balaban J connectivity index is 2.61. The van der Waals surface area contributed by atoms with E-state index in [1.165, 1.54) is 7.11 Å². The van der Waals surface area contributed by atoms with E-state index in [-0.39, 0.29) is 12.0 Å². The predicted molar refractivity (Wildman–Crippen MR) is 70.4 cm³/mol. The van der Waals surface area contributed by atoms with Crippen molar-refractivity contribution in [1.29, 1.82) is 0 Å². The van der Waals surface area contributed by atoms with Gasteiger partial charge in [0.25, 0.3) is 0 Å². The van der Waals surface area contributed by atoms with E-state index in [1.54, 1.807) is 6.20 Å². The van der Waals surface area contributed by atoms with E-state index in [2.05, 4.69) is 28.7 Å². The van der Waals surface area contributed by atoms with E-state index in [1.807, 2.05) is 13.1 Å². The molecule has 0 aliphatic heterocycles. The number of hydrogen-bond donors (Lipinski definition) is 1. The van der Waals surface area contributed by atoms with E-state index in [4.69, 9.17) is 4.74 Å². The Bertz CT molecular complexity index is 374. The highest BCUT2D eigenvalue weighted by Crippen LogP contribution is 2.12. The summed E-state index contributed by atoms with van der Waals surface area (Å²) >= 11 is 0. The van der Waals surface area contributed by atoms with Crippen LogP contribution in [0.4, 0.5) is 0 Å². The van der Waals surface area contributed by atoms with Gasteiger partial charge in [0.2, 0.25) is 0 Å². The van der Waals surface area contributed by atoms with Crippen molar-refractivity contribution in [2.24, 2.45) is 0 Å². The van der Waals surface area contributed by atoms with Crippen molar-refractivity contribution in [3.8, 4) is 0 Å². The second kappa shape index (κ2) is 7.16. The van der Waals surface area contributed by atoms with Crippen molar-refractivity contribution in [1.82, 2.24) is 14.9 Å². The van der Waals surface area contributed by atoms with E-state index in [9.17, 15) is 4.79 Å². The van der Waals surface area contributed by atoms with Gasteiger partial charge < -0.3 is 14.6 Å². The molecule has 5 heteroatoms. The zero-order valence-corrected chi connectivity index (χ0v) is 11.6. The van der Waals surface area contributed by atoms with Gasteiger partial charge in [0.15, 0.2) is 0 Å². The minimum atomic E-state index is -0.248. The maximum atomic E-state index is 11.6. The third-order valence-corrected chi connectivity index (χ3v) is 2.86. The molecule has 0 saturated carbocycles. The maximum Gasteiger partial charge on any atom is 0.322 e. The van der Waals surface area contributed by atoms with Gasteiger partial charge in [-0.25, -0.2) is 4.98 Å². The number of esters is 1. The topological polar surface area (TPSA) is 56.2 Å². The number of likely N-dealkylation sites (N-methyl/N-ethyl adjacent to an activating group) is 1. The Hall–Kier alpha value is -1.36. The molecule has 1 N–H and O–H groups in total. The Morgan fingerprint density at radius 2 is 2.28 bits per heavy atom. The van der Waals surface area contributed by atoms with Crippen LogP contribution in [0.3, 0.4) is 0 Å². The summed E-state index contributed by atoms with van der Waals surface area (Å²) in [7, 11) is 1.42. The number of carbonyl (C=O) groups is 1. The molecule has 1 aromatic rings. The SMILES string of the molecule is CCNC(CCn1ccnc1C(C)C)C(=O)OC. The van der Waals surface area contributed by atoms with Crippen LogP contribution in [0, 0.1) is 0 Å². The van der Waals surface area contributed by atoms with Crippen LogP contribution in [0.25, 0.3) is 0 Å². The Morgan fingerprint density at radius 3 is 2.83 bits per heavy atom. The minimum Gasteiger partial charge on any atom is -0.468 e. The van der Waals surface area contributed by atoms with Gasteiger partial charge in [-0.3, -0.25) is 4.79 Å². The molecule has 18 heavy (non-hydrogen) atoms. The normalized spacial score (nSPS) is 12.7. The second-order valence-corrected chi connectivity index (χ2v) is 4.56. The lowest BCUT2D eigenvalue weighted by Crippen LogP contribution is -2.38. The molecule has 0 fully saturated rings. The van der Waals surface area contributed by atoms with E-state index >= 15 is 0 Å². The van der Waals surface area contributed by atoms with Crippen LogP contribution < -0.4 is 5.32 Å². The molecule has 0 amide bonds. The molecular weight excluding hydrogens is 230 g/mol. The molecule has 0 saturated heterocycles. The Labute approximate surface area is 109 Å². The summed E-state index contributed by atoms with van der Waals surface area (Å²) in [6.45, 7) is 7.72. The highest BCUT2D eigenvalue weighted by molar-refractivity contribution is 5.75. The highest BCUT2D eigenvalue weighted by Gasteiger charge is 2.18. The fraction of sp³-hybridized carbons (Fsp3) is 0.692. The summed E-state index contributed by atoms with van der Waals surface area (Å²) in [6.07, 6.45) is 4.46. The van der Waals surface area contributed by atoms with Crippen LogP contribution >= 0.6 is 0 Å². The molecular formula is C13H23N3O2. The van der Waals surface area contributed by atoms with Crippen LogP contribution in [0.1, 0.15) is 38.9 Å². The summed E-state index contributed by atoms with van der Waals surface area (Å²) in [5, 5.41) is 3.14. The van der Waals surface area contributed by atoms with Crippen molar-refractivity contribution >= 4 is 5.97 Å². The van der Waals surface area contributed by atoms with E-state index in [0.29, 0.717) is 12.3 Å². The first-order valence-electron chi connectivity index (χ1n) is 6.42. The van der Waals surface area contributed by atoms with Crippen molar-refractivity contribution in [3.63, 3.8) is 0 Å². The van der Waals surface area contributed by atoms with E-state index in [0.717, 1.165) is 18.9 Å². The van der Waals surface area contributed by atoms with Crippen molar-refractivity contribution < 1.29 is 9.53 Å². The molecule has 0 radical (unpaired) electrons. The van der Waals surface area contributed by atoms with Crippen molar-refractivity contribution in [2.75, 3.05) is 13.7 Å². The third-order valence-electron chi connectivity index (χ3n) is 2.86. The first kappa shape index (κ1) is 14.7. The van der Waals surface area contributed by atoms with Crippen molar-refractivity contribution in [2.45, 2.75) is 45.7 Å². The molecule has 1 atom stereocenters. The standard InChI is InChI=1S/C13H23N3O2/c1-5-14-11(13(17)18-4)6-8-16-9-7-15-12(16)10(2)3/h7,9-11,14H,5-6,8H2,1-4H3. The van der Waals surface area contributed by atoms with Gasteiger partial charge in [0.05, 0.1) is 7.11 Å². The number of imidazole rings is 1. The molecule has 5 nitrogen and oxygen atoms in total. The fourth-order valence-electron chi connectivity index (χ4n) is 1.97. The molecule has 0 aliphatic carbocycles. The first-order chi connectivity index (χ1) is 8.60. The van der Waals surface area contributed by atoms with Crippen LogP contribution in [-0.4, -0.2) is 35.2 Å². The zero-order valence-electron chi connectivity index (χ0n) is 11.6. The summed E-state index contributed by atoms with van der Waals surface area (Å²) in [5.74, 6) is 1.23.